The molecule has 52 valence electrons. The van der Waals surface area contributed by atoms with Gasteiger partial charge >= 0.3 is 0 Å². The molecule has 0 heterocycles. The van der Waals surface area contributed by atoms with Gasteiger partial charge in [0, 0.05) is 0 Å². The van der Waals surface area contributed by atoms with Crippen LogP contribution in [0.25, 0.3) is 0 Å². The lowest BCUT2D eigenvalue weighted by Crippen LogP contribution is -2.13. The van der Waals surface area contributed by atoms with Crippen LogP contribution in [0.15, 0.2) is 4.99 Å². The van der Waals surface area contributed by atoms with Gasteiger partial charge in [-0.25, -0.2) is 0 Å². The predicted octanol–water partition coefficient (Wildman–Crippen LogP) is 0.389. The summed E-state index contributed by atoms with van der Waals surface area (Å²) >= 11 is 0. The van der Waals surface area contributed by atoms with Crippen LogP contribution in [0.2, 0.25) is 0 Å². The zero-order valence-corrected chi connectivity index (χ0v) is 5.76. The topological polar surface area (TPSA) is 72.0 Å². The third-order valence-electron chi connectivity index (χ3n) is 0.809. The highest BCUT2D eigenvalue weighted by atomic mass is 15.0. The minimum absolute atomic E-state index is 0.393. The van der Waals surface area contributed by atoms with E-state index in [1.165, 1.54) is 0 Å². The smallest absolute Gasteiger partial charge is 0.182 e. The highest BCUT2D eigenvalue weighted by Gasteiger charge is 1.84. The fourth-order valence-corrected chi connectivity index (χ4v) is 0.394. The monoisotopic (exact) mass is 136 g/mol. The molecule has 0 atom stereocenters. The van der Waals surface area contributed by atoms with Crippen LogP contribution < -0.4 is 5.32 Å². The molecule has 0 saturated heterocycles. The zero-order chi connectivity index (χ0) is 7.82. The molecule has 0 aromatic carbocycles. The summed E-state index contributed by atoms with van der Waals surface area (Å²) in [5.74, 6) is 0.553. The third kappa shape index (κ3) is 4.61. The van der Waals surface area contributed by atoms with E-state index in [1.54, 1.807) is 13.1 Å². The van der Waals surface area contributed by atoms with Gasteiger partial charge in [-0.15, -0.1) is 0 Å². The Morgan fingerprint density at radius 2 is 2.30 bits per heavy atom. The second-order valence-electron chi connectivity index (χ2n) is 1.61. The summed E-state index contributed by atoms with van der Waals surface area (Å²) in [6.45, 7) is 2.14. The summed E-state index contributed by atoms with van der Waals surface area (Å²) in [7, 11) is 0. The van der Waals surface area contributed by atoms with Gasteiger partial charge in [0.05, 0.1) is 19.0 Å². The molecule has 0 aliphatic rings. The van der Waals surface area contributed by atoms with Crippen molar-refractivity contribution in [2.45, 2.75) is 13.3 Å². The first-order valence-electron chi connectivity index (χ1n) is 2.84. The predicted molar refractivity (Wildman–Crippen MR) is 37.0 cm³/mol. The maximum atomic E-state index is 8.10. The van der Waals surface area contributed by atoms with E-state index in [-0.39, 0.29) is 0 Å². The molecular formula is C6H8N4. The van der Waals surface area contributed by atoms with E-state index in [1.807, 2.05) is 6.07 Å². The first kappa shape index (κ1) is 8.45. The molecule has 0 aliphatic carbocycles. The lowest BCUT2D eigenvalue weighted by atomic mass is 10.5. The molecule has 0 aliphatic heterocycles. The molecule has 0 bridgehead atoms. The van der Waals surface area contributed by atoms with Crippen molar-refractivity contribution in [2.24, 2.45) is 4.99 Å². The van der Waals surface area contributed by atoms with Crippen LogP contribution in [0, 0.1) is 22.8 Å². The van der Waals surface area contributed by atoms with E-state index in [4.69, 9.17) is 10.5 Å². The van der Waals surface area contributed by atoms with E-state index in [9.17, 15) is 0 Å². The summed E-state index contributed by atoms with van der Waals surface area (Å²) in [4.78, 5) is 3.86. The van der Waals surface area contributed by atoms with Crippen molar-refractivity contribution < 1.29 is 0 Å². The van der Waals surface area contributed by atoms with E-state index >= 15 is 0 Å². The number of nitriles is 2. The lowest BCUT2D eigenvalue weighted by Gasteiger charge is -1.91. The van der Waals surface area contributed by atoms with Crippen LogP contribution in [-0.2, 0) is 0 Å². The Morgan fingerprint density at radius 1 is 1.60 bits per heavy atom. The molecule has 0 radical (unpaired) electrons. The van der Waals surface area contributed by atoms with Gasteiger partial charge in [0.15, 0.2) is 6.19 Å². The summed E-state index contributed by atoms with van der Waals surface area (Å²) in [5, 5.41) is 18.5. The molecule has 0 fully saturated rings. The molecule has 0 rings (SSSR count). The molecule has 0 aromatic heterocycles. The second kappa shape index (κ2) is 5.58. The van der Waals surface area contributed by atoms with Crippen LogP contribution in [0.5, 0.6) is 0 Å². The normalized spacial score (nSPS) is 9.70. The van der Waals surface area contributed by atoms with Crippen LogP contribution in [-0.4, -0.2) is 12.4 Å². The fraction of sp³-hybridized carbons (Fsp3) is 0.500. The van der Waals surface area contributed by atoms with Crippen molar-refractivity contribution in [1.82, 2.24) is 5.32 Å². The van der Waals surface area contributed by atoms with E-state index < -0.39 is 0 Å². The number of nitrogens with zero attached hydrogens (tertiary/aromatic N) is 3. The number of nitrogens with one attached hydrogen (secondary N) is 1. The third-order valence-corrected chi connectivity index (χ3v) is 0.809. The Kier molecular flexibility index (Phi) is 4.72. The van der Waals surface area contributed by atoms with Gasteiger partial charge in [0.1, 0.15) is 5.84 Å². The maximum Gasteiger partial charge on any atom is 0.182 e. The maximum absolute atomic E-state index is 8.10. The Labute approximate surface area is 59.8 Å². The molecule has 0 amide bonds. The van der Waals surface area contributed by atoms with Crippen molar-refractivity contribution in [3.63, 3.8) is 0 Å². The number of hydrogen-bond acceptors (Lipinski definition) is 3. The zero-order valence-electron chi connectivity index (χ0n) is 5.76. The number of hydrogen-bond donors (Lipinski definition) is 1. The van der Waals surface area contributed by atoms with Crippen LogP contribution in [0.4, 0.5) is 0 Å². The molecule has 0 unspecified atom stereocenters. The number of aliphatic imine (C=N–C) groups is 1. The average Bonchev–Trinajstić information content (AvgIpc) is 1.89. The van der Waals surface area contributed by atoms with Crippen molar-refractivity contribution in [2.75, 3.05) is 6.54 Å². The molecule has 4 nitrogen and oxygen atoms in total. The minimum atomic E-state index is 0.393. The van der Waals surface area contributed by atoms with Crippen LogP contribution in [0.1, 0.15) is 13.3 Å². The highest BCUT2D eigenvalue weighted by molar-refractivity contribution is 5.80. The quantitative estimate of drug-likeness (QED) is 0.196. The molecule has 0 aromatic rings. The van der Waals surface area contributed by atoms with Crippen LogP contribution in [0.3, 0.4) is 0 Å². The minimum Gasteiger partial charge on any atom is -0.281 e. The largest absolute Gasteiger partial charge is 0.281 e. The van der Waals surface area contributed by atoms with Gasteiger partial charge in [-0.1, -0.05) is 0 Å². The Balaban J connectivity index is 3.52. The van der Waals surface area contributed by atoms with Gasteiger partial charge in [0.25, 0.3) is 0 Å². The van der Waals surface area contributed by atoms with E-state index in [0.29, 0.717) is 18.8 Å². The van der Waals surface area contributed by atoms with Crippen LogP contribution >= 0.6 is 0 Å². The van der Waals surface area contributed by atoms with Crippen molar-refractivity contribution in [1.29, 1.82) is 10.5 Å². The molecule has 1 N–H and O–H groups in total. The summed E-state index contributed by atoms with van der Waals surface area (Å²) in [6.07, 6.45) is 2.12. The SMILES string of the molecule is CC(=NCCC#N)NC#N. The summed E-state index contributed by atoms with van der Waals surface area (Å²) in [6, 6.07) is 1.95. The van der Waals surface area contributed by atoms with Crippen molar-refractivity contribution in [3.8, 4) is 12.3 Å². The second-order valence-corrected chi connectivity index (χ2v) is 1.61. The Bertz CT molecular complexity index is 193. The van der Waals surface area contributed by atoms with Gasteiger partial charge < -0.3 is 0 Å². The average molecular weight is 136 g/mol. The van der Waals surface area contributed by atoms with Crippen molar-refractivity contribution in [3.05, 3.63) is 0 Å². The highest BCUT2D eigenvalue weighted by Crippen LogP contribution is 1.78. The van der Waals surface area contributed by atoms with Gasteiger partial charge in [0.2, 0.25) is 0 Å². The van der Waals surface area contributed by atoms with Crippen molar-refractivity contribution >= 4 is 5.84 Å². The molecular weight excluding hydrogens is 128 g/mol. The first-order chi connectivity index (χ1) is 4.81. The van der Waals surface area contributed by atoms with Gasteiger partial charge in [-0.3, -0.25) is 10.3 Å². The molecule has 0 spiro atoms. The molecule has 0 saturated carbocycles. The fourth-order valence-electron chi connectivity index (χ4n) is 0.394. The lowest BCUT2D eigenvalue weighted by molar-refractivity contribution is 0.998. The summed E-state index contributed by atoms with van der Waals surface area (Å²) in [5.41, 5.74) is 0. The standard InChI is InChI=1S/C6H8N4/c1-6(10-5-8)9-4-2-3-7/h2,4H2,1H3,(H,9,10). The molecule has 4 heteroatoms. The Morgan fingerprint density at radius 3 is 2.80 bits per heavy atom. The first-order valence-corrected chi connectivity index (χ1v) is 2.84. The number of amidine groups is 1. The number of rotatable bonds is 2. The molecule has 10 heavy (non-hydrogen) atoms. The van der Waals surface area contributed by atoms with Gasteiger partial charge in [-0.2, -0.15) is 10.5 Å². The Hall–Kier alpha value is -1.55. The van der Waals surface area contributed by atoms with E-state index in [2.05, 4.69) is 10.3 Å². The van der Waals surface area contributed by atoms with E-state index in [0.717, 1.165) is 0 Å². The summed E-state index contributed by atoms with van der Waals surface area (Å²) < 4.78 is 0. The van der Waals surface area contributed by atoms with Gasteiger partial charge in [-0.05, 0) is 6.92 Å².